The molecular formula is C17H26N2O2S. The summed E-state index contributed by atoms with van der Waals surface area (Å²) in [4.78, 5) is 19.0. The summed E-state index contributed by atoms with van der Waals surface area (Å²) in [7, 11) is 0. The quantitative estimate of drug-likeness (QED) is 0.864. The maximum atomic E-state index is 12.8. The van der Waals surface area contributed by atoms with Crippen molar-refractivity contribution in [2.24, 2.45) is 0 Å². The second-order valence-corrected chi connectivity index (χ2v) is 8.82. The third-order valence-corrected chi connectivity index (χ3v) is 4.69. The van der Waals surface area contributed by atoms with E-state index in [-0.39, 0.29) is 22.8 Å². The molecule has 122 valence electrons. The lowest BCUT2D eigenvalue weighted by Crippen LogP contribution is -2.37. The molecule has 0 radical (unpaired) electrons. The Labute approximate surface area is 137 Å². The molecule has 0 spiro atoms. The number of rotatable bonds is 4. The van der Waals surface area contributed by atoms with E-state index < -0.39 is 0 Å². The molecule has 2 atom stereocenters. The van der Waals surface area contributed by atoms with E-state index in [4.69, 9.17) is 0 Å². The molecule has 1 aromatic heterocycles. The number of aliphatic hydroxyl groups is 1. The predicted octanol–water partition coefficient (Wildman–Crippen LogP) is 3.35. The molecule has 1 saturated heterocycles. The molecule has 1 aromatic rings. The van der Waals surface area contributed by atoms with Crippen LogP contribution in [0, 0.1) is 0 Å². The highest BCUT2D eigenvalue weighted by atomic mass is 32.2. The van der Waals surface area contributed by atoms with Gasteiger partial charge in [-0.3, -0.25) is 4.79 Å². The smallest absolute Gasteiger partial charge is 0.254 e. The number of thioether (sulfide) groups is 1. The van der Waals surface area contributed by atoms with Crippen LogP contribution < -0.4 is 0 Å². The average molecular weight is 322 g/mol. The first-order valence-corrected chi connectivity index (χ1v) is 8.72. The Morgan fingerprint density at radius 3 is 2.91 bits per heavy atom. The number of pyridine rings is 1. The lowest BCUT2D eigenvalue weighted by molar-refractivity contribution is 0.0681. The van der Waals surface area contributed by atoms with Crippen LogP contribution in [0.3, 0.4) is 0 Å². The second kappa shape index (κ2) is 7.01. The van der Waals surface area contributed by atoms with Crippen LogP contribution in [0.2, 0.25) is 0 Å². The van der Waals surface area contributed by atoms with Crippen LogP contribution in [0.1, 0.15) is 57.3 Å². The largest absolute Gasteiger partial charge is 0.393 e. The number of likely N-dealkylation sites (tertiary alicyclic amines) is 1. The van der Waals surface area contributed by atoms with Crippen LogP contribution in [-0.2, 0) is 0 Å². The van der Waals surface area contributed by atoms with Gasteiger partial charge in [0.25, 0.3) is 5.91 Å². The molecule has 0 aliphatic carbocycles. The zero-order valence-corrected chi connectivity index (χ0v) is 14.7. The fourth-order valence-corrected chi connectivity index (χ4v) is 3.75. The van der Waals surface area contributed by atoms with Gasteiger partial charge in [0.15, 0.2) is 0 Å². The molecule has 1 aliphatic rings. The van der Waals surface area contributed by atoms with Gasteiger partial charge in [-0.05, 0) is 38.3 Å². The SMILES string of the molecule is CC(O)CC1CCCN1C(=O)c1ccnc(SC(C)(C)C)c1. The fourth-order valence-electron chi connectivity index (χ4n) is 2.82. The summed E-state index contributed by atoms with van der Waals surface area (Å²) in [6, 6.07) is 3.82. The van der Waals surface area contributed by atoms with Crippen LogP contribution in [0.4, 0.5) is 0 Å². The molecule has 1 fully saturated rings. The molecule has 0 bridgehead atoms. The molecule has 1 amide bonds. The number of hydrogen-bond acceptors (Lipinski definition) is 4. The summed E-state index contributed by atoms with van der Waals surface area (Å²) < 4.78 is 0.0666. The van der Waals surface area contributed by atoms with Crippen molar-refractivity contribution in [3.8, 4) is 0 Å². The van der Waals surface area contributed by atoms with Crippen molar-refractivity contribution in [2.45, 2.75) is 68.9 Å². The number of carbonyl (C=O) groups is 1. The van der Waals surface area contributed by atoms with Gasteiger partial charge in [0, 0.05) is 29.1 Å². The van der Waals surface area contributed by atoms with Gasteiger partial charge < -0.3 is 10.0 Å². The number of amides is 1. The number of nitrogens with zero attached hydrogens (tertiary/aromatic N) is 2. The Balaban J connectivity index is 2.13. The minimum Gasteiger partial charge on any atom is -0.393 e. The van der Waals surface area contributed by atoms with E-state index in [0.29, 0.717) is 12.0 Å². The van der Waals surface area contributed by atoms with Crippen molar-refractivity contribution in [1.82, 2.24) is 9.88 Å². The van der Waals surface area contributed by atoms with Crippen LogP contribution in [0.15, 0.2) is 23.4 Å². The summed E-state index contributed by atoms with van der Waals surface area (Å²) in [5.74, 6) is 0.0568. The molecule has 0 aromatic carbocycles. The monoisotopic (exact) mass is 322 g/mol. The Hall–Kier alpha value is -1.07. The molecule has 1 N–H and O–H groups in total. The first-order valence-electron chi connectivity index (χ1n) is 7.90. The molecule has 2 unspecified atom stereocenters. The molecule has 2 heterocycles. The Morgan fingerprint density at radius 1 is 1.55 bits per heavy atom. The minimum atomic E-state index is -0.372. The second-order valence-electron chi connectivity index (χ2n) is 6.98. The zero-order valence-electron chi connectivity index (χ0n) is 13.9. The van der Waals surface area contributed by atoms with E-state index in [9.17, 15) is 9.90 Å². The molecular weight excluding hydrogens is 296 g/mol. The van der Waals surface area contributed by atoms with E-state index in [2.05, 4.69) is 25.8 Å². The summed E-state index contributed by atoms with van der Waals surface area (Å²) in [5, 5.41) is 10.5. The van der Waals surface area contributed by atoms with E-state index >= 15 is 0 Å². The van der Waals surface area contributed by atoms with Crippen LogP contribution in [0.5, 0.6) is 0 Å². The van der Waals surface area contributed by atoms with Crippen LogP contribution >= 0.6 is 11.8 Å². The van der Waals surface area contributed by atoms with E-state index in [1.54, 1.807) is 30.9 Å². The number of aliphatic hydroxyl groups excluding tert-OH is 1. The van der Waals surface area contributed by atoms with Crippen LogP contribution in [0.25, 0.3) is 0 Å². The lowest BCUT2D eigenvalue weighted by Gasteiger charge is -2.26. The normalized spacial score (nSPS) is 20.2. The predicted molar refractivity (Wildman–Crippen MR) is 90.2 cm³/mol. The van der Waals surface area contributed by atoms with Crippen molar-refractivity contribution in [1.29, 1.82) is 0 Å². The lowest BCUT2D eigenvalue weighted by atomic mass is 10.1. The van der Waals surface area contributed by atoms with E-state index in [1.807, 2.05) is 11.0 Å². The van der Waals surface area contributed by atoms with Gasteiger partial charge in [-0.15, -0.1) is 11.8 Å². The number of aromatic nitrogens is 1. The number of hydrogen-bond donors (Lipinski definition) is 1. The summed E-state index contributed by atoms with van der Waals surface area (Å²) in [6.07, 6.45) is 3.98. The molecule has 1 aliphatic heterocycles. The van der Waals surface area contributed by atoms with Gasteiger partial charge in [-0.25, -0.2) is 4.98 Å². The molecule has 0 saturated carbocycles. The standard InChI is InChI=1S/C17H26N2O2S/c1-12(20)10-14-6-5-9-19(14)16(21)13-7-8-18-15(11-13)22-17(2,3)4/h7-8,11-12,14,20H,5-6,9-10H2,1-4H3. The van der Waals surface area contributed by atoms with Gasteiger partial charge >= 0.3 is 0 Å². The third kappa shape index (κ3) is 4.71. The average Bonchev–Trinajstić information content (AvgIpc) is 2.83. The van der Waals surface area contributed by atoms with Crippen molar-refractivity contribution in [3.05, 3.63) is 23.9 Å². The van der Waals surface area contributed by atoms with Crippen molar-refractivity contribution < 1.29 is 9.90 Å². The molecule has 22 heavy (non-hydrogen) atoms. The third-order valence-electron chi connectivity index (χ3n) is 3.64. The van der Waals surface area contributed by atoms with E-state index in [0.717, 1.165) is 24.4 Å². The minimum absolute atomic E-state index is 0.0568. The first kappa shape index (κ1) is 17.3. The van der Waals surface area contributed by atoms with Gasteiger partial charge in [-0.1, -0.05) is 20.8 Å². The van der Waals surface area contributed by atoms with Crippen molar-refractivity contribution in [3.63, 3.8) is 0 Å². The summed E-state index contributed by atoms with van der Waals surface area (Å²) >= 11 is 1.66. The zero-order chi connectivity index (χ0) is 16.3. The summed E-state index contributed by atoms with van der Waals surface area (Å²) in [5.41, 5.74) is 0.694. The van der Waals surface area contributed by atoms with Gasteiger partial charge in [-0.2, -0.15) is 0 Å². The van der Waals surface area contributed by atoms with Gasteiger partial charge in [0.2, 0.25) is 0 Å². The van der Waals surface area contributed by atoms with Crippen molar-refractivity contribution >= 4 is 17.7 Å². The topological polar surface area (TPSA) is 53.4 Å². The Kier molecular flexibility index (Phi) is 5.50. The fraction of sp³-hybridized carbons (Fsp3) is 0.647. The van der Waals surface area contributed by atoms with Crippen molar-refractivity contribution in [2.75, 3.05) is 6.54 Å². The highest BCUT2D eigenvalue weighted by Crippen LogP contribution is 2.31. The Morgan fingerprint density at radius 2 is 2.27 bits per heavy atom. The maximum Gasteiger partial charge on any atom is 0.254 e. The van der Waals surface area contributed by atoms with Gasteiger partial charge in [0.1, 0.15) is 0 Å². The summed E-state index contributed by atoms with van der Waals surface area (Å²) in [6.45, 7) is 8.96. The number of carbonyl (C=O) groups excluding carboxylic acids is 1. The maximum absolute atomic E-state index is 12.8. The first-order chi connectivity index (χ1) is 10.3. The van der Waals surface area contributed by atoms with E-state index in [1.165, 1.54) is 0 Å². The van der Waals surface area contributed by atoms with Crippen LogP contribution in [-0.4, -0.2) is 44.3 Å². The molecule has 4 nitrogen and oxygen atoms in total. The van der Waals surface area contributed by atoms with Gasteiger partial charge in [0.05, 0.1) is 11.1 Å². The highest BCUT2D eigenvalue weighted by molar-refractivity contribution is 8.00. The molecule has 2 rings (SSSR count). The Bertz CT molecular complexity index is 526. The highest BCUT2D eigenvalue weighted by Gasteiger charge is 2.30. The molecule has 5 heteroatoms.